The van der Waals surface area contributed by atoms with E-state index in [0.717, 1.165) is 0 Å². The number of hydrogen-bond donors (Lipinski definition) is 2. The molecule has 0 radical (unpaired) electrons. The van der Waals surface area contributed by atoms with E-state index in [1.165, 1.54) is 18.5 Å². The first kappa shape index (κ1) is 18.1. The molecule has 2 aromatic rings. The lowest BCUT2D eigenvalue weighted by molar-refractivity contribution is 0.0948. The molecular formula is C18H18N4O3. The summed E-state index contributed by atoms with van der Waals surface area (Å²) in [5.41, 5.74) is 1.64. The molecule has 0 bridgehead atoms. The number of anilines is 1. The third-order valence-corrected chi connectivity index (χ3v) is 3.35. The molecule has 0 saturated heterocycles. The molecule has 2 rings (SSSR count). The van der Waals surface area contributed by atoms with Crippen molar-refractivity contribution in [1.82, 2.24) is 10.3 Å². The van der Waals surface area contributed by atoms with Crippen LogP contribution in [0.5, 0.6) is 0 Å². The Morgan fingerprint density at radius 2 is 1.84 bits per heavy atom. The van der Waals surface area contributed by atoms with Crippen molar-refractivity contribution in [2.45, 2.75) is 6.42 Å². The van der Waals surface area contributed by atoms with Crippen LogP contribution in [0.2, 0.25) is 0 Å². The number of nitrogens with zero attached hydrogens (tertiary/aromatic N) is 2. The number of amides is 2. The van der Waals surface area contributed by atoms with E-state index >= 15 is 0 Å². The lowest BCUT2D eigenvalue weighted by atomic mass is 10.1. The van der Waals surface area contributed by atoms with E-state index < -0.39 is 0 Å². The van der Waals surface area contributed by atoms with Crippen molar-refractivity contribution in [3.05, 3.63) is 59.4 Å². The summed E-state index contributed by atoms with van der Waals surface area (Å²) in [7, 11) is 1.60. The highest BCUT2D eigenvalue weighted by molar-refractivity contribution is 6.05. The Kier molecular flexibility index (Phi) is 6.63. The van der Waals surface area contributed by atoms with Gasteiger partial charge in [-0.15, -0.1) is 0 Å². The Morgan fingerprint density at radius 1 is 1.16 bits per heavy atom. The first-order chi connectivity index (χ1) is 12.1. The lowest BCUT2D eigenvalue weighted by Crippen LogP contribution is -2.25. The van der Waals surface area contributed by atoms with Gasteiger partial charge in [-0.2, -0.15) is 5.26 Å². The smallest absolute Gasteiger partial charge is 0.257 e. The van der Waals surface area contributed by atoms with Gasteiger partial charge in [-0.05, 0) is 36.8 Å². The predicted molar refractivity (Wildman–Crippen MR) is 92.2 cm³/mol. The zero-order valence-corrected chi connectivity index (χ0v) is 13.8. The van der Waals surface area contributed by atoms with Gasteiger partial charge >= 0.3 is 0 Å². The first-order valence-corrected chi connectivity index (χ1v) is 7.67. The van der Waals surface area contributed by atoms with Gasteiger partial charge < -0.3 is 15.4 Å². The number of methoxy groups -OCH3 is 1. The molecule has 0 spiro atoms. The number of ether oxygens (including phenoxy) is 1. The normalized spacial score (nSPS) is 9.92. The largest absolute Gasteiger partial charge is 0.385 e. The minimum atomic E-state index is -0.383. The lowest BCUT2D eigenvalue weighted by Gasteiger charge is -2.07. The SMILES string of the molecule is COCCCNC(=O)c1cncc(C(=O)Nc2ccc(C#N)cc2)c1. The second kappa shape index (κ2) is 9.15. The summed E-state index contributed by atoms with van der Waals surface area (Å²) >= 11 is 0. The third-order valence-electron chi connectivity index (χ3n) is 3.35. The summed E-state index contributed by atoms with van der Waals surface area (Å²) in [5.74, 6) is -0.678. The van der Waals surface area contributed by atoms with Gasteiger partial charge in [0.2, 0.25) is 0 Å². The van der Waals surface area contributed by atoms with E-state index in [4.69, 9.17) is 10.00 Å². The molecule has 1 heterocycles. The van der Waals surface area contributed by atoms with Crippen LogP contribution in [0.25, 0.3) is 0 Å². The third kappa shape index (κ3) is 5.41. The highest BCUT2D eigenvalue weighted by Crippen LogP contribution is 2.11. The Balaban J connectivity index is 2.00. The van der Waals surface area contributed by atoms with Crippen molar-refractivity contribution >= 4 is 17.5 Å². The van der Waals surface area contributed by atoms with Crippen LogP contribution < -0.4 is 10.6 Å². The fraction of sp³-hybridized carbons (Fsp3) is 0.222. The van der Waals surface area contributed by atoms with Crippen molar-refractivity contribution in [1.29, 1.82) is 5.26 Å². The summed E-state index contributed by atoms with van der Waals surface area (Å²) in [5, 5.41) is 14.2. The van der Waals surface area contributed by atoms with E-state index in [9.17, 15) is 9.59 Å². The molecule has 0 saturated carbocycles. The number of benzene rings is 1. The highest BCUT2D eigenvalue weighted by Gasteiger charge is 2.11. The number of carbonyl (C=O) groups is 2. The minimum Gasteiger partial charge on any atom is -0.385 e. The van der Waals surface area contributed by atoms with Crippen LogP contribution in [0.4, 0.5) is 5.69 Å². The standard InChI is InChI=1S/C18H18N4O3/c1-25-8-2-7-21-17(23)14-9-15(12-20-11-14)18(24)22-16-5-3-13(10-19)4-6-16/h3-6,9,11-12H,2,7-8H2,1H3,(H,21,23)(H,22,24). The van der Waals surface area contributed by atoms with Gasteiger partial charge in [0.15, 0.2) is 0 Å². The topological polar surface area (TPSA) is 104 Å². The van der Waals surface area contributed by atoms with Gasteiger partial charge in [0.05, 0.1) is 22.8 Å². The Bertz CT molecular complexity index is 782. The highest BCUT2D eigenvalue weighted by atomic mass is 16.5. The van der Waals surface area contributed by atoms with Crippen LogP contribution in [-0.4, -0.2) is 37.1 Å². The maximum absolute atomic E-state index is 12.3. The molecule has 0 aliphatic carbocycles. The van der Waals surface area contributed by atoms with E-state index in [2.05, 4.69) is 15.6 Å². The second-order valence-corrected chi connectivity index (χ2v) is 5.21. The summed E-state index contributed by atoms with van der Waals surface area (Å²) < 4.78 is 4.92. The van der Waals surface area contributed by atoms with Gasteiger partial charge in [0, 0.05) is 38.3 Å². The zero-order valence-electron chi connectivity index (χ0n) is 13.8. The van der Waals surface area contributed by atoms with E-state index in [0.29, 0.717) is 36.4 Å². The average molecular weight is 338 g/mol. The maximum atomic E-state index is 12.3. The fourth-order valence-electron chi connectivity index (χ4n) is 2.04. The molecule has 7 nitrogen and oxygen atoms in total. The number of aromatic nitrogens is 1. The molecule has 128 valence electrons. The van der Waals surface area contributed by atoms with E-state index in [-0.39, 0.29) is 17.4 Å². The van der Waals surface area contributed by atoms with Crippen molar-refractivity contribution in [2.75, 3.05) is 25.6 Å². The van der Waals surface area contributed by atoms with Gasteiger partial charge in [-0.1, -0.05) is 0 Å². The minimum absolute atomic E-state index is 0.272. The Hall–Kier alpha value is -3.24. The van der Waals surface area contributed by atoms with E-state index in [1.807, 2.05) is 6.07 Å². The molecule has 1 aromatic carbocycles. The van der Waals surface area contributed by atoms with Gasteiger partial charge in [0.1, 0.15) is 0 Å². The van der Waals surface area contributed by atoms with Crippen molar-refractivity contribution < 1.29 is 14.3 Å². The van der Waals surface area contributed by atoms with E-state index in [1.54, 1.807) is 31.4 Å². The van der Waals surface area contributed by atoms with Crippen molar-refractivity contribution in [3.8, 4) is 6.07 Å². The fourth-order valence-corrected chi connectivity index (χ4v) is 2.04. The van der Waals surface area contributed by atoms with Gasteiger partial charge in [0.25, 0.3) is 11.8 Å². The molecule has 0 unspecified atom stereocenters. The number of nitriles is 1. The Labute approximate surface area is 145 Å². The van der Waals surface area contributed by atoms with Gasteiger partial charge in [-0.25, -0.2) is 0 Å². The molecule has 25 heavy (non-hydrogen) atoms. The molecule has 2 amide bonds. The van der Waals surface area contributed by atoms with Crippen LogP contribution in [0, 0.1) is 11.3 Å². The Morgan fingerprint density at radius 3 is 2.48 bits per heavy atom. The summed E-state index contributed by atoms with van der Waals surface area (Å²) in [6.07, 6.45) is 3.50. The molecule has 0 atom stereocenters. The number of hydrogen-bond acceptors (Lipinski definition) is 5. The summed E-state index contributed by atoms with van der Waals surface area (Å²) in [6.45, 7) is 1.04. The number of nitrogens with one attached hydrogen (secondary N) is 2. The molecule has 2 N–H and O–H groups in total. The second-order valence-electron chi connectivity index (χ2n) is 5.21. The number of rotatable bonds is 7. The molecule has 1 aromatic heterocycles. The quantitative estimate of drug-likeness (QED) is 0.751. The molecule has 7 heteroatoms. The first-order valence-electron chi connectivity index (χ1n) is 7.67. The predicted octanol–water partition coefficient (Wildman–Crippen LogP) is 1.97. The van der Waals surface area contributed by atoms with Crippen LogP contribution in [0.15, 0.2) is 42.7 Å². The molecule has 0 fully saturated rings. The zero-order chi connectivity index (χ0) is 18.1. The molecule has 0 aliphatic heterocycles. The molecular weight excluding hydrogens is 320 g/mol. The monoisotopic (exact) mass is 338 g/mol. The van der Waals surface area contributed by atoms with Crippen LogP contribution >= 0.6 is 0 Å². The van der Waals surface area contributed by atoms with Gasteiger partial charge in [-0.3, -0.25) is 14.6 Å². The van der Waals surface area contributed by atoms with Crippen molar-refractivity contribution in [2.24, 2.45) is 0 Å². The van der Waals surface area contributed by atoms with Crippen LogP contribution in [-0.2, 0) is 4.74 Å². The summed E-state index contributed by atoms with van der Waals surface area (Å²) in [6, 6.07) is 9.98. The summed E-state index contributed by atoms with van der Waals surface area (Å²) in [4.78, 5) is 28.3. The maximum Gasteiger partial charge on any atom is 0.257 e. The van der Waals surface area contributed by atoms with Crippen LogP contribution in [0.3, 0.4) is 0 Å². The average Bonchev–Trinajstić information content (AvgIpc) is 2.65. The number of pyridine rings is 1. The number of carbonyl (C=O) groups excluding carboxylic acids is 2. The van der Waals surface area contributed by atoms with Crippen molar-refractivity contribution in [3.63, 3.8) is 0 Å². The van der Waals surface area contributed by atoms with Crippen LogP contribution in [0.1, 0.15) is 32.7 Å². The molecule has 0 aliphatic rings.